The molecule has 0 saturated heterocycles. The molecule has 1 aliphatic carbocycles. The Kier molecular flexibility index (Phi) is 5.54. The molecule has 3 heteroatoms. The normalized spacial score (nSPS) is 25.3. The van der Waals surface area contributed by atoms with Crippen LogP contribution in [0.2, 0.25) is 0 Å². The molecule has 1 saturated carbocycles. The van der Waals surface area contributed by atoms with E-state index in [4.69, 9.17) is 0 Å². The van der Waals surface area contributed by atoms with Crippen LogP contribution in [0.1, 0.15) is 56.3 Å². The van der Waals surface area contributed by atoms with E-state index in [1.54, 1.807) is 12.1 Å². The highest BCUT2D eigenvalue weighted by Crippen LogP contribution is 2.29. The zero-order valence-electron chi connectivity index (χ0n) is 13.0. The minimum atomic E-state index is 0.00484. The number of carbonyl (C=O) groups excluding carboxylic acids is 2. The van der Waals surface area contributed by atoms with Crippen LogP contribution in [-0.4, -0.2) is 17.7 Å². The molecule has 0 aromatic heterocycles. The van der Waals surface area contributed by atoms with E-state index in [9.17, 15) is 9.59 Å². The van der Waals surface area contributed by atoms with Gasteiger partial charge in [-0.05, 0) is 18.3 Å². The molecular formula is C18H25NO2. The Morgan fingerprint density at radius 3 is 2.52 bits per heavy atom. The summed E-state index contributed by atoms with van der Waals surface area (Å²) >= 11 is 0. The minimum Gasteiger partial charge on any atom is -0.353 e. The predicted molar refractivity (Wildman–Crippen MR) is 84.1 cm³/mol. The first-order valence-corrected chi connectivity index (χ1v) is 7.95. The summed E-state index contributed by atoms with van der Waals surface area (Å²) in [7, 11) is 0. The van der Waals surface area contributed by atoms with Gasteiger partial charge in [-0.2, -0.15) is 0 Å². The van der Waals surface area contributed by atoms with Gasteiger partial charge in [-0.1, -0.05) is 57.0 Å². The fourth-order valence-corrected chi connectivity index (χ4v) is 3.06. The fraction of sp³-hybridized carbons (Fsp3) is 0.556. The van der Waals surface area contributed by atoms with Crippen molar-refractivity contribution < 1.29 is 9.59 Å². The van der Waals surface area contributed by atoms with Crippen LogP contribution in [0.25, 0.3) is 0 Å². The molecule has 3 nitrogen and oxygen atoms in total. The maximum absolute atomic E-state index is 12.0. The SMILES string of the molecule is C[C@H]1[C@@H](NC(=O)CCC(=O)c2ccccc2)CCC[C@@H]1C. The molecule has 0 aliphatic heterocycles. The third-order valence-electron chi connectivity index (χ3n) is 4.73. The lowest BCUT2D eigenvalue weighted by Crippen LogP contribution is -2.43. The summed E-state index contributed by atoms with van der Waals surface area (Å²) in [6.45, 7) is 4.46. The van der Waals surface area contributed by atoms with Gasteiger partial charge in [-0.25, -0.2) is 0 Å². The molecule has 0 spiro atoms. The van der Waals surface area contributed by atoms with Crippen molar-refractivity contribution in [1.29, 1.82) is 0 Å². The first-order valence-electron chi connectivity index (χ1n) is 7.95. The van der Waals surface area contributed by atoms with E-state index in [1.165, 1.54) is 12.8 Å². The van der Waals surface area contributed by atoms with Gasteiger partial charge in [0, 0.05) is 24.4 Å². The van der Waals surface area contributed by atoms with Crippen molar-refractivity contribution in [3.8, 4) is 0 Å². The average Bonchev–Trinajstić information content (AvgIpc) is 2.50. The second kappa shape index (κ2) is 7.39. The molecule has 3 atom stereocenters. The Labute approximate surface area is 127 Å². The van der Waals surface area contributed by atoms with Crippen LogP contribution < -0.4 is 5.32 Å². The third-order valence-corrected chi connectivity index (χ3v) is 4.73. The van der Waals surface area contributed by atoms with Crippen LogP contribution >= 0.6 is 0 Å². The van der Waals surface area contributed by atoms with Gasteiger partial charge in [0.2, 0.25) is 5.91 Å². The van der Waals surface area contributed by atoms with E-state index < -0.39 is 0 Å². The van der Waals surface area contributed by atoms with Crippen molar-refractivity contribution in [1.82, 2.24) is 5.32 Å². The second-order valence-corrected chi connectivity index (χ2v) is 6.23. The lowest BCUT2D eigenvalue weighted by Gasteiger charge is -2.34. The smallest absolute Gasteiger partial charge is 0.220 e. The third kappa shape index (κ3) is 4.42. The summed E-state index contributed by atoms with van der Waals surface area (Å²) in [6.07, 6.45) is 4.06. The number of amides is 1. The molecule has 1 aromatic carbocycles. The molecule has 2 rings (SSSR count). The molecule has 1 aliphatic rings. The Hall–Kier alpha value is -1.64. The summed E-state index contributed by atoms with van der Waals surface area (Å²) in [5.41, 5.74) is 0.685. The van der Waals surface area contributed by atoms with Crippen molar-refractivity contribution >= 4 is 11.7 Å². The monoisotopic (exact) mass is 287 g/mol. The lowest BCUT2D eigenvalue weighted by atomic mass is 9.78. The van der Waals surface area contributed by atoms with Crippen LogP contribution in [0.5, 0.6) is 0 Å². The Balaban J connectivity index is 1.78. The largest absolute Gasteiger partial charge is 0.353 e. The van der Waals surface area contributed by atoms with E-state index in [-0.39, 0.29) is 30.6 Å². The molecule has 0 radical (unpaired) electrons. The van der Waals surface area contributed by atoms with Crippen molar-refractivity contribution in [2.45, 2.75) is 52.0 Å². The Morgan fingerprint density at radius 1 is 1.10 bits per heavy atom. The molecule has 114 valence electrons. The predicted octanol–water partition coefficient (Wildman–Crippen LogP) is 3.59. The van der Waals surface area contributed by atoms with Crippen molar-refractivity contribution in [2.75, 3.05) is 0 Å². The molecule has 0 bridgehead atoms. The summed E-state index contributed by atoms with van der Waals surface area (Å²) in [4.78, 5) is 24.0. The van der Waals surface area contributed by atoms with Gasteiger partial charge < -0.3 is 5.32 Å². The standard InChI is InChI=1S/C18H25NO2/c1-13-7-6-10-16(14(13)2)19-18(21)12-11-17(20)15-8-4-3-5-9-15/h3-5,8-9,13-14,16H,6-7,10-12H2,1-2H3,(H,19,21)/t13-,14+,16-/m0/s1. The van der Waals surface area contributed by atoms with Crippen LogP contribution in [-0.2, 0) is 4.79 Å². The molecule has 0 heterocycles. The summed E-state index contributed by atoms with van der Waals surface area (Å²) in [5, 5.41) is 3.11. The van der Waals surface area contributed by atoms with Crippen LogP contribution in [0.3, 0.4) is 0 Å². The fourth-order valence-electron chi connectivity index (χ4n) is 3.06. The molecule has 1 N–H and O–H groups in total. The van der Waals surface area contributed by atoms with Gasteiger partial charge >= 0.3 is 0 Å². The number of hydrogen-bond acceptors (Lipinski definition) is 2. The van der Waals surface area contributed by atoms with Gasteiger partial charge in [-0.3, -0.25) is 9.59 Å². The maximum atomic E-state index is 12.0. The van der Waals surface area contributed by atoms with E-state index in [1.807, 2.05) is 18.2 Å². The molecule has 1 aromatic rings. The Bertz CT molecular complexity index is 483. The molecule has 1 fully saturated rings. The molecular weight excluding hydrogens is 262 g/mol. The van der Waals surface area contributed by atoms with E-state index in [0.29, 0.717) is 17.4 Å². The highest BCUT2D eigenvalue weighted by Gasteiger charge is 2.28. The van der Waals surface area contributed by atoms with Gasteiger partial charge in [0.05, 0.1) is 0 Å². The van der Waals surface area contributed by atoms with Gasteiger partial charge in [-0.15, -0.1) is 0 Å². The van der Waals surface area contributed by atoms with E-state index in [2.05, 4.69) is 19.2 Å². The van der Waals surface area contributed by atoms with Gasteiger partial charge in [0.15, 0.2) is 5.78 Å². The number of carbonyl (C=O) groups is 2. The highest BCUT2D eigenvalue weighted by molar-refractivity contribution is 5.97. The van der Waals surface area contributed by atoms with Crippen LogP contribution in [0, 0.1) is 11.8 Å². The van der Waals surface area contributed by atoms with Crippen molar-refractivity contribution in [3.05, 3.63) is 35.9 Å². The summed E-state index contributed by atoms with van der Waals surface area (Å²) in [6, 6.07) is 9.44. The first-order chi connectivity index (χ1) is 10.1. The highest BCUT2D eigenvalue weighted by atomic mass is 16.2. The van der Waals surface area contributed by atoms with E-state index in [0.717, 1.165) is 6.42 Å². The molecule has 21 heavy (non-hydrogen) atoms. The van der Waals surface area contributed by atoms with Crippen LogP contribution in [0.4, 0.5) is 0 Å². The number of ketones is 1. The van der Waals surface area contributed by atoms with Crippen molar-refractivity contribution in [2.24, 2.45) is 11.8 Å². The molecule has 0 unspecified atom stereocenters. The van der Waals surface area contributed by atoms with E-state index >= 15 is 0 Å². The van der Waals surface area contributed by atoms with Crippen LogP contribution in [0.15, 0.2) is 30.3 Å². The maximum Gasteiger partial charge on any atom is 0.220 e. The van der Waals surface area contributed by atoms with Gasteiger partial charge in [0.1, 0.15) is 0 Å². The van der Waals surface area contributed by atoms with Gasteiger partial charge in [0.25, 0.3) is 0 Å². The lowest BCUT2D eigenvalue weighted by molar-refractivity contribution is -0.122. The zero-order chi connectivity index (χ0) is 15.2. The molecule has 1 amide bonds. The number of benzene rings is 1. The number of Topliss-reactive ketones (excluding diaryl/α,β-unsaturated/α-hetero) is 1. The average molecular weight is 287 g/mol. The number of rotatable bonds is 5. The Morgan fingerprint density at radius 2 is 1.81 bits per heavy atom. The summed E-state index contributed by atoms with van der Waals surface area (Å²) in [5.74, 6) is 1.23. The number of hydrogen-bond donors (Lipinski definition) is 1. The minimum absolute atomic E-state index is 0.00484. The topological polar surface area (TPSA) is 46.2 Å². The quantitative estimate of drug-likeness (QED) is 0.841. The van der Waals surface area contributed by atoms with Crippen molar-refractivity contribution in [3.63, 3.8) is 0 Å². The second-order valence-electron chi connectivity index (χ2n) is 6.23. The summed E-state index contributed by atoms with van der Waals surface area (Å²) < 4.78 is 0. The number of nitrogens with one attached hydrogen (secondary N) is 1. The first kappa shape index (κ1) is 15.7. The zero-order valence-corrected chi connectivity index (χ0v) is 13.0.